The van der Waals surface area contributed by atoms with Gasteiger partial charge in [-0.05, 0) is 13.8 Å². The molecule has 0 bridgehead atoms. The molecule has 0 aliphatic rings. The van der Waals surface area contributed by atoms with Crippen LogP contribution in [0.25, 0.3) is 0 Å². The van der Waals surface area contributed by atoms with Crippen LogP contribution in [0.5, 0.6) is 0 Å². The first kappa shape index (κ1) is 15.7. The van der Waals surface area contributed by atoms with E-state index in [1.54, 1.807) is 0 Å². The molecule has 2 unspecified atom stereocenters. The number of ether oxygens (including phenoxy) is 2. The monoisotopic (exact) mass is 248 g/mol. The topological polar surface area (TPSA) is 110 Å². The van der Waals surface area contributed by atoms with Gasteiger partial charge in [0.1, 0.15) is 12.7 Å². The van der Waals surface area contributed by atoms with E-state index >= 15 is 0 Å². The fourth-order valence-electron chi connectivity index (χ4n) is 0.860. The smallest absolute Gasteiger partial charge is 0.343 e. The third-order valence-corrected chi connectivity index (χ3v) is 1.67. The first-order chi connectivity index (χ1) is 7.88. The zero-order chi connectivity index (χ0) is 13.4. The van der Waals surface area contributed by atoms with E-state index in [1.807, 2.05) is 0 Å². The summed E-state index contributed by atoms with van der Waals surface area (Å²) in [5, 5.41) is 17.5. The van der Waals surface area contributed by atoms with Crippen LogP contribution in [0.2, 0.25) is 0 Å². The highest BCUT2D eigenvalue weighted by atomic mass is 16.6. The summed E-state index contributed by atoms with van der Waals surface area (Å²) in [4.78, 5) is 33.0. The van der Waals surface area contributed by atoms with Gasteiger partial charge in [0, 0.05) is 0 Å². The molecular formula is C10H16O7. The van der Waals surface area contributed by atoms with Crippen molar-refractivity contribution in [2.75, 3.05) is 19.8 Å². The van der Waals surface area contributed by atoms with Crippen molar-refractivity contribution in [3.05, 3.63) is 0 Å². The van der Waals surface area contributed by atoms with E-state index < -0.39 is 37.2 Å². The second-order valence-electron chi connectivity index (χ2n) is 3.47. The molecule has 0 radical (unpaired) electrons. The number of esters is 1. The number of Topliss-reactive ketones (excluding diaryl/α,β-unsaturated/α-hetero) is 2. The van der Waals surface area contributed by atoms with Crippen LogP contribution in [0.15, 0.2) is 0 Å². The van der Waals surface area contributed by atoms with Crippen LogP contribution in [0.3, 0.4) is 0 Å². The second-order valence-corrected chi connectivity index (χ2v) is 3.47. The lowest BCUT2D eigenvalue weighted by Gasteiger charge is -2.15. The van der Waals surface area contributed by atoms with Crippen LogP contribution in [-0.2, 0) is 23.9 Å². The predicted molar refractivity (Wildman–Crippen MR) is 55.2 cm³/mol. The van der Waals surface area contributed by atoms with E-state index in [1.165, 1.54) is 6.92 Å². The summed E-state index contributed by atoms with van der Waals surface area (Å²) >= 11 is 0. The highest BCUT2D eigenvalue weighted by Gasteiger charge is 2.26. The van der Waals surface area contributed by atoms with Crippen molar-refractivity contribution in [1.29, 1.82) is 0 Å². The van der Waals surface area contributed by atoms with E-state index in [2.05, 4.69) is 4.74 Å². The number of hydrogen-bond donors (Lipinski definition) is 2. The summed E-state index contributed by atoms with van der Waals surface area (Å²) in [5.41, 5.74) is 0. The number of carbonyl (C=O) groups is 3. The maximum Gasteiger partial charge on any atom is 0.343 e. The molecule has 0 aliphatic carbocycles. The molecule has 0 aliphatic heterocycles. The minimum atomic E-state index is -1.49. The Balaban J connectivity index is 4.27. The number of hydrogen-bond acceptors (Lipinski definition) is 7. The maximum atomic E-state index is 11.3. The van der Waals surface area contributed by atoms with Gasteiger partial charge in [-0.15, -0.1) is 0 Å². The molecule has 0 saturated heterocycles. The van der Waals surface area contributed by atoms with Gasteiger partial charge in [0.25, 0.3) is 0 Å². The number of ketones is 2. The maximum absolute atomic E-state index is 11.3. The molecule has 7 heteroatoms. The van der Waals surface area contributed by atoms with Crippen LogP contribution in [0.4, 0.5) is 0 Å². The summed E-state index contributed by atoms with van der Waals surface area (Å²) in [6, 6.07) is 0. The van der Waals surface area contributed by atoms with Crippen molar-refractivity contribution >= 4 is 17.5 Å². The number of aliphatic hydroxyl groups excluding tert-OH is 2. The highest BCUT2D eigenvalue weighted by molar-refractivity contribution is 6.01. The summed E-state index contributed by atoms with van der Waals surface area (Å²) in [7, 11) is 0. The third kappa shape index (κ3) is 6.77. The fourth-order valence-corrected chi connectivity index (χ4v) is 0.860. The standard InChI is InChI=1S/C10H16O7/c1-6(12)4-17-10(15)9(7(2)13)16-5-8(14)3-11/h8-9,11,14H,3-5H2,1-2H3. The van der Waals surface area contributed by atoms with Gasteiger partial charge in [0.05, 0.1) is 13.2 Å². The number of carbonyl (C=O) groups excluding carboxylic acids is 3. The lowest BCUT2D eigenvalue weighted by Crippen LogP contribution is -2.36. The van der Waals surface area contributed by atoms with Crippen LogP contribution in [0.1, 0.15) is 13.8 Å². The van der Waals surface area contributed by atoms with Crippen molar-refractivity contribution in [2.24, 2.45) is 0 Å². The molecule has 0 amide bonds. The van der Waals surface area contributed by atoms with Crippen molar-refractivity contribution in [1.82, 2.24) is 0 Å². The van der Waals surface area contributed by atoms with Crippen molar-refractivity contribution < 1.29 is 34.1 Å². The Hall–Kier alpha value is -1.31. The van der Waals surface area contributed by atoms with E-state index in [9.17, 15) is 14.4 Å². The van der Waals surface area contributed by atoms with Crippen LogP contribution in [-0.4, -0.2) is 59.8 Å². The van der Waals surface area contributed by atoms with Crippen molar-refractivity contribution in [3.8, 4) is 0 Å². The summed E-state index contributed by atoms with van der Waals surface area (Å²) in [5.74, 6) is -1.96. The zero-order valence-electron chi connectivity index (χ0n) is 9.71. The molecule has 0 spiro atoms. The predicted octanol–water partition coefficient (Wildman–Crippen LogP) is -1.55. The van der Waals surface area contributed by atoms with Gasteiger partial charge >= 0.3 is 5.97 Å². The van der Waals surface area contributed by atoms with Gasteiger partial charge < -0.3 is 19.7 Å². The Labute approximate surface area is 98.3 Å². The molecule has 0 fully saturated rings. The molecule has 0 aromatic carbocycles. The van der Waals surface area contributed by atoms with E-state index in [-0.39, 0.29) is 12.4 Å². The Kier molecular flexibility index (Phi) is 7.27. The SMILES string of the molecule is CC(=O)COC(=O)C(OCC(O)CO)C(C)=O. The van der Waals surface area contributed by atoms with Crippen molar-refractivity contribution in [3.63, 3.8) is 0 Å². The molecule has 0 heterocycles. The molecule has 0 rings (SSSR count). The van der Waals surface area contributed by atoms with Gasteiger partial charge in [-0.3, -0.25) is 9.59 Å². The van der Waals surface area contributed by atoms with Crippen LogP contribution < -0.4 is 0 Å². The number of aliphatic hydroxyl groups is 2. The molecule has 2 N–H and O–H groups in total. The average molecular weight is 248 g/mol. The molecule has 7 nitrogen and oxygen atoms in total. The third-order valence-electron chi connectivity index (χ3n) is 1.67. The first-order valence-corrected chi connectivity index (χ1v) is 4.95. The van der Waals surface area contributed by atoms with Gasteiger partial charge in [-0.25, -0.2) is 4.79 Å². The minimum Gasteiger partial charge on any atom is -0.455 e. The quantitative estimate of drug-likeness (QED) is 0.395. The average Bonchev–Trinajstić information content (AvgIpc) is 2.25. The van der Waals surface area contributed by atoms with Gasteiger partial charge in [0.15, 0.2) is 11.6 Å². The van der Waals surface area contributed by atoms with Gasteiger partial charge in [-0.1, -0.05) is 0 Å². The van der Waals surface area contributed by atoms with E-state index in [4.69, 9.17) is 14.9 Å². The summed E-state index contributed by atoms with van der Waals surface area (Å²) < 4.78 is 9.32. The Morgan fingerprint density at radius 2 is 1.82 bits per heavy atom. The Morgan fingerprint density at radius 3 is 2.24 bits per heavy atom. The molecule has 2 atom stereocenters. The zero-order valence-corrected chi connectivity index (χ0v) is 9.71. The van der Waals surface area contributed by atoms with E-state index in [0.29, 0.717) is 0 Å². The van der Waals surface area contributed by atoms with Gasteiger partial charge in [0.2, 0.25) is 6.10 Å². The van der Waals surface area contributed by atoms with E-state index in [0.717, 1.165) is 6.92 Å². The molecule has 0 aromatic rings. The molecule has 0 aromatic heterocycles. The number of rotatable bonds is 8. The minimum absolute atomic E-state index is 0.365. The second kappa shape index (κ2) is 7.88. The van der Waals surface area contributed by atoms with Crippen LogP contribution in [0, 0.1) is 0 Å². The normalized spacial score (nSPS) is 13.9. The largest absolute Gasteiger partial charge is 0.455 e. The summed E-state index contributed by atoms with van der Waals surface area (Å²) in [6.45, 7) is 0.981. The van der Waals surface area contributed by atoms with Crippen LogP contribution >= 0.6 is 0 Å². The highest BCUT2D eigenvalue weighted by Crippen LogP contribution is 2.00. The lowest BCUT2D eigenvalue weighted by molar-refractivity contribution is -0.165. The Bertz CT molecular complexity index is 286. The summed E-state index contributed by atoms with van der Waals surface area (Å²) in [6.07, 6.45) is -2.67. The Morgan fingerprint density at radius 1 is 1.24 bits per heavy atom. The first-order valence-electron chi connectivity index (χ1n) is 4.95. The van der Waals surface area contributed by atoms with Crippen molar-refractivity contribution in [2.45, 2.75) is 26.1 Å². The van der Waals surface area contributed by atoms with Gasteiger partial charge in [-0.2, -0.15) is 0 Å². The molecule has 17 heavy (non-hydrogen) atoms. The molecule has 0 saturated carbocycles. The molecule has 98 valence electrons. The lowest BCUT2D eigenvalue weighted by atomic mass is 10.2. The fraction of sp³-hybridized carbons (Fsp3) is 0.700. The molecular weight excluding hydrogens is 232 g/mol.